The molecule has 0 aliphatic carbocycles. The molecule has 1 rings (SSSR count). The van der Waals surface area contributed by atoms with Crippen molar-refractivity contribution in [3.63, 3.8) is 0 Å². The van der Waals surface area contributed by atoms with Crippen LogP contribution < -0.4 is 10.0 Å². The third-order valence-electron chi connectivity index (χ3n) is 3.53. The van der Waals surface area contributed by atoms with Crippen LogP contribution in [-0.2, 0) is 10.2 Å². The van der Waals surface area contributed by atoms with Crippen LogP contribution in [0, 0.1) is 5.92 Å². The highest BCUT2D eigenvalue weighted by atomic mass is 32.2. The third-order valence-corrected chi connectivity index (χ3v) is 5.38. The molecule has 0 aromatic rings. The topological polar surface area (TPSA) is 61.4 Å². The predicted molar refractivity (Wildman–Crippen MR) is 70.0 cm³/mol. The molecule has 1 fully saturated rings. The molecular weight excluding hydrogens is 238 g/mol. The summed E-state index contributed by atoms with van der Waals surface area (Å²) in [5.41, 5.74) is 0. The normalized spacial score (nSPS) is 21.1. The number of hydrogen-bond acceptors (Lipinski definition) is 3. The number of hydrogen-bond donors (Lipinski definition) is 2. The van der Waals surface area contributed by atoms with E-state index in [2.05, 4.69) is 10.0 Å². The van der Waals surface area contributed by atoms with Crippen LogP contribution >= 0.6 is 0 Å². The highest BCUT2D eigenvalue weighted by molar-refractivity contribution is 7.87. The van der Waals surface area contributed by atoms with Crippen LogP contribution in [0.15, 0.2) is 0 Å². The Balaban J connectivity index is 2.57. The quantitative estimate of drug-likeness (QED) is 0.761. The van der Waals surface area contributed by atoms with Gasteiger partial charge in [-0.3, -0.25) is 0 Å². The maximum atomic E-state index is 12.0. The lowest BCUT2D eigenvalue weighted by Gasteiger charge is -2.31. The molecule has 0 aromatic carbocycles. The van der Waals surface area contributed by atoms with Crippen LogP contribution in [0.4, 0.5) is 0 Å². The summed E-state index contributed by atoms with van der Waals surface area (Å²) in [5, 5.41) is 3.29. The monoisotopic (exact) mass is 263 g/mol. The van der Waals surface area contributed by atoms with Crippen molar-refractivity contribution in [2.75, 3.05) is 20.1 Å². The molecule has 0 spiro atoms. The number of nitrogens with one attached hydrogen (secondary N) is 2. The minimum atomic E-state index is -3.35. The molecule has 1 unspecified atom stereocenters. The summed E-state index contributed by atoms with van der Waals surface area (Å²) in [4.78, 5) is 0. The van der Waals surface area contributed by atoms with Crippen LogP contribution in [-0.4, -0.2) is 44.9 Å². The molecule has 1 saturated heterocycles. The van der Waals surface area contributed by atoms with Crippen molar-refractivity contribution in [1.29, 1.82) is 0 Å². The van der Waals surface area contributed by atoms with E-state index in [0.29, 0.717) is 5.92 Å². The summed E-state index contributed by atoms with van der Waals surface area (Å²) in [6.45, 7) is 7.66. The SMILES string of the molecule is CC(NS(=O)(=O)N(C)C(C)C)C1CCNCC1. The van der Waals surface area contributed by atoms with Gasteiger partial charge >= 0.3 is 0 Å². The zero-order valence-corrected chi connectivity index (χ0v) is 12.0. The van der Waals surface area contributed by atoms with Gasteiger partial charge in [0.1, 0.15) is 0 Å². The summed E-state index contributed by atoms with van der Waals surface area (Å²) in [6.07, 6.45) is 2.07. The van der Waals surface area contributed by atoms with Gasteiger partial charge in [-0.2, -0.15) is 17.4 Å². The third kappa shape index (κ3) is 4.21. The lowest BCUT2D eigenvalue weighted by atomic mass is 9.92. The van der Waals surface area contributed by atoms with Gasteiger partial charge in [-0.05, 0) is 52.6 Å². The zero-order chi connectivity index (χ0) is 13.1. The summed E-state index contributed by atoms with van der Waals surface area (Å²) in [7, 11) is -1.73. The van der Waals surface area contributed by atoms with Gasteiger partial charge in [0.25, 0.3) is 10.2 Å². The first-order valence-electron chi connectivity index (χ1n) is 6.30. The molecular formula is C11H25N3O2S. The highest BCUT2D eigenvalue weighted by Gasteiger charge is 2.27. The minimum absolute atomic E-state index is 0.00306. The van der Waals surface area contributed by atoms with E-state index in [0.717, 1.165) is 25.9 Å². The van der Waals surface area contributed by atoms with Crippen LogP contribution in [0.5, 0.6) is 0 Å². The molecule has 0 radical (unpaired) electrons. The fraction of sp³-hybridized carbons (Fsp3) is 1.00. The Morgan fingerprint density at radius 2 is 1.76 bits per heavy atom. The molecule has 6 heteroatoms. The van der Waals surface area contributed by atoms with Crippen LogP contribution in [0.3, 0.4) is 0 Å². The lowest BCUT2D eigenvalue weighted by molar-refractivity contribution is 0.308. The molecule has 1 aliphatic heterocycles. The molecule has 5 nitrogen and oxygen atoms in total. The zero-order valence-electron chi connectivity index (χ0n) is 11.2. The van der Waals surface area contributed by atoms with Gasteiger partial charge in [-0.15, -0.1) is 0 Å². The van der Waals surface area contributed by atoms with Crippen LogP contribution in [0.25, 0.3) is 0 Å². The molecule has 0 bridgehead atoms. The molecule has 1 heterocycles. The molecule has 1 atom stereocenters. The second kappa shape index (κ2) is 6.13. The van der Waals surface area contributed by atoms with Crippen molar-refractivity contribution in [3.8, 4) is 0 Å². The van der Waals surface area contributed by atoms with Gasteiger partial charge in [0.2, 0.25) is 0 Å². The Morgan fingerprint density at radius 3 is 2.24 bits per heavy atom. The fourth-order valence-corrected chi connectivity index (χ4v) is 3.42. The van der Waals surface area contributed by atoms with Crippen molar-refractivity contribution in [1.82, 2.24) is 14.3 Å². The molecule has 17 heavy (non-hydrogen) atoms. The second-order valence-corrected chi connectivity index (χ2v) is 6.87. The van der Waals surface area contributed by atoms with Crippen LogP contribution in [0.2, 0.25) is 0 Å². The van der Waals surface area contributed by atoms with Crippen molar-refractivity contribution in [2.24, 2.45) is 5.92 Å². The Bertz CT molecular complexity index is 324. The molecule has 0 saturated carbocycles. The van der Waals surface area contributed by atoms with Gasteiger partial charge in [-0.25, -0.2) is 0 Å². The van der Waals surface area contributed by atoms with E-state index in [4.69, 9.17) is 0 Å². The van der Waals surface area contributed by atoms with Gasteiger partial charge in [-0.1, -0.05) is 0 Å². The summed E-state index contributed by atoms with van der Waals surface area (Å²) in [6, 6.07) is -0.0176. The first-order valence-corrected chi connectivity index (χ1v) is 7.74. The number of piperidine rings is 1. The smallest absolute Gasteiger partial charge is 0.279 e. The van der Waals surface area contributed by atoms with Gasteiger partial charge < -0.3 is 5.32 Å². The Labute approximate surface area is 105 Å². The largest absolute Gasteiger partial charge is 0.317 e. The Kier molecular flexibility index (Phi) is 5.37. The average Bonchev–Trinajstić information content (AvgIpc) is 2.28. The second-order valence-electron chi connectivity index (χ2n) is 5.11. The van der Waals surface area contributed by atoms with Crippen molar-refractivity contribution in [2.45, 2.75) is 45.7 Å². The molecule has 1 aliphatic rings. The van der Waals surface area contributed by atoms with Crippen molar-refractivity contribution in [3.05, 3.63) is 0 Å². The molecule has 2 N–H and O–H groups in total. The fourth-order valence-electron chi connectivity index (χ4n) is 2.04. The van der Waals surface area contributed by atoms with Crippen LogP contribution in [0.1, 0.15) is 33.6 Å². The van der Waals surface area contributed by atoms with E-state index < -0.39 is 10.2 Å². The summed E-state index contributed by atoms with van der Waals surface area (Å²) in [5.74, 6) is 0.437. The van der Waals surface area contributed by atoms with Gasteiger partial charge in [0, 0.05) is 19.1 Å². The van der Waals surface area contributed by atoms with Crippen molar-refractivity contribution < 1.29 is 8.42 Å². The highest BCUT2D eigenvalue weighted by Crippen LogP contribution is 2.17. The van der Waals surface area contributed by atoms with E-state index in [1.165, 1.54) is 4.31 Å². The Hall–Kier alpha value is -0.170. The maximum Gasteiger partial charge on any atom is 0.279 e. The minimum Gasteiger partial charge on any atom is -0.317 e. The predicted octanol–water partition coefficient (Wildman–Crippen LogP) is 0.549. The van der Waals surface area contributed by atoms with Crippen molar-refractivity contribution >= 4 is 10.2 Å². The molecule has 0 aromatic heterocycles. The molecule has 0 amide bonds. The standard InChI is InChI=1S/C11H25N3O2S/c1-9(2)14(4)17(15,16)13-10(3)11-5-7-12-8-6-11/h9-13H,5-8H2,1-4H3. The van der Waals surface area contributed by atoms with E-state index in [1.54, 1.807) is 7.05 Å². The number of nitrogens with zero attached hydrogens (tertiary/aromatic N) is 1. The van der Waals surface area contributed by atoms with E-state index >= 15 is 0 Å². The molecule has 102 valence electrons. The van der Waals surface area contributed by atoms with Gasteiger partial charge in [0.15, 0.2) is 0 Å². The van der Waals surface area contributed by atoms with E-state index in [1.807, 2.05) is 20.8 Å². The first kappa shape index (κ1) is 14.9. The van der Waals surface area contributed by atoms with Gasteiger partial charge in [0.05, 0.1) is 0 Å². The summed E-state index contributed by atoms with van der Waals surface area (Å²) < 4.78 is 28.2. The maximum absolute atomic E-state index is 12.0. The van der Waals surface area contributed by atoms with E-state index in [9.17, 15) is 8.42 Å². The average molecular weight is 263 g/mol. The van der Waals surface area contributed by atoms with E-state index in [-0.39, 0.29) is 12.1 Å². The Morgan fingerprint density at radius 1 is 1.24 bits per heavy atom. The lowest BCUT2D eigenvalue weighted by Crippen LogP contribution is -2.49. The number of rotatable bonds is 5. The summed E-state index contributed by atoms with van der Waals surface area (Å²) >= 11 is 0. The first-order chi connectivity index (χ1) is 7.84.